The Balaban J connectivity index is 1.29. The van der Waals surface area contributed by atoms with Gasteiger partial charge in [0.1, 0.15) is 11.9 Å². The van der Waals surface area contributed by atoms with E-state index in [2.05, 4.69) is 26.3 Å². The molecule has 1 aromatic rings. The summed E-state index contributed by atoms with van der Waals surface area (Å²) in [4.78, 5) is 23.5. The number of carbonyl (C=O) groups is 1. The second kappa shape index (κ2) is 5.65. The Hall–Kier alpha value is -2.20. The van der Waals surface area contributed by atoms with Crippen LogP contribution in [0.3, 0.4) is 0 Å². The average Bonchev–Trinajstić information content (AvgIpc) is 3.50. The highest BCUT2D eigenvalue weighted by molar-refractivity contribution is 5.83. The van der Waals surface area contributed by atoms with Gasteiger partial charge in [-0.1, -0.05) is 0 Å². The van der Waals surface area contributed by atoms with E-state index in [9.17, 15) is 4.79 Å². The highest BCUT2D eigenvalue weighted by Gasteiger charge is 2.60. The number of ether oxygens (including phenoxy) is 1. The first-order valence-electron chi connectivity index (χ1n) is 9.47. The number of carbonyl (C=O) groups excluding carboxylic acids is 1. The van der Waals surface area contributed by atoms with Crippen LogP contribution in [0.4, 0.5) is 5.82 Å². The molecule has 136 valence electrons. The number of rotatable bonds is 3. The Morgan fingerprint density at radius 1 is 1.35 bits per heavy atom. The van der Waals surface area contributed by atoms with Crippen molar-refractivity contribution in [3.8, 4) is 6.07 Å². The van der Waals surface area contributed by atoms with Gasteiger partial charge in [-0.25, -0.2) is 4.98 Å². The van der Waals surface area contributed by atoms with Crippen molar-refractivity contribution in [2.45, 2.75) is 38.1 Å². The third-order valence-electron chi connectivity index (χ3n) is 6.65. The summed E-state index contributed by atoms with van der Waals surface area (Å²) < 4.78 is 5.50. The molecule has 4 aliphatic rings. The molecule has 0 radical (unpaired) electrons. The molecule has 0 bridgehead atoms. The van der Waals surface area contributed by atoms with Crippen LogP contribution in [0.5, 0.6) is 0 Å². The van der Waals surface area contributed by atoms with Crippen molar-refractivity contribution in [2.75, 3.05) is 31.2 Å². The Kier molecular flexibility index (Phi) is 3.48. The molecule has 2 saturated carbocycles. The van der Waals surface area contributed by atoms with E-state index in [-0.39, 0.29) is 28.7 Å². The average molecular weight is 353 g/mol. The fourth-order valence-corrected chi connectivity index (χ4v) is 4.84. The van der Waals surface area contributed by atoms with Crippen molar-refractivity contribution in [3.05, 3.63) is 18.1 Å². The van der Waals surface area contributed by atoms with Gasteiger partial charge in [0, 0.05) is 37.1 Å². The number of amides is 1. The molecular formula is C19H23N5O2. The lowest BCUT2D eigenvalue weighted by atomic mass is 9.91. The Morgan fingerprint density at radius 3 is 2.96 bits per heavy atom. The summed E-state index contributed by atoms with van der Waals surface area (Å²) in [5.41, 5.74) is 0.750. The number of nitriles is 1. The number of hydrogen-bond acceptors (Lipinski definition) is 6. The summed E-state index contributed by atoms with van der Waals surface area (Å²) >= 11 is 0. The van der Waals surface area contributed by atoms with E-state index >= 15 is 0 Å². The zero-order valence-electron chi connectivity index (χ0n) is 14.8. The summed E-state index contributed by atoms with van der Waals surface area (Å²) in [5.74, 6) is 1.05. The summed E-state index contributed by atoms with van der Waals surface area (Å²) in [7, 11) is 0. The third-order valence-corrected chi connectivity index (χ3v) is 6.65. The van der Waals surface area contributed by atoms with Gasteiger partial charge in [-0.2, -0.15) is 5.26 Å². The van der Waals surface area contributed by atoms with Crippen LogP contribution in [0.15, 0.2) is 12.4 Å². The van der Waals surface area contributed by atoms with Gasteiger partial charge in [0.25, 0.3) is 0 Å². The van der Waals surface area contributed by atoms with Crippen molar-refractivity contribution in [3.63, 3.8) is 0 Å². The molecule has 1 aromatic heterocycles. The molecular weight excluding hydrogens is 330 g/mol. The maximum atomic E-state index is 12.8. The van der Waals surface area contributed by atoms with Gasteiger partial charge >= 0.3 is 0 Å². The molecule has 3 unspecified atom stereocenters. The van der Waals surface area contributed by atoms with E-state index in [0.29, 0.717) is 5.69 Å². The molecule has 4 fully saturated rings. The lowest BCUT2D eigenvalue weighted by Gasteiger charge is -2.39. The van der Waals surface area contributed by atoms with Crippen LogP contribution in [-0.4, -0.2) is 48.2 Å². The largest absolute Gasteiger partial charge is 0.381 e. The molecule has 1 amide bonds. The van der Waals surface area contributed by atoms with Crippen molar-refractivity contribution < 1.29 is 9.53 Å². The first-order chi connectivity index (χ1) is 12.6. The Morgan fingerprint density at radius 2 is 2.23 bits per heavy atom. The topological polar surface area (TPSA) is 91.1 Å². The summed E-state index contributed by atoms with van der Waals surface area (Å²) in [6.07, 6.45) is 8.61. The second-order valence-corrected chi connectivity index (χ2v) is 8.59. The van der Waals surface area contributed by atoms with Gasteiger partial charge in [0.2, 0.25) is 5.91 Å². The zero-order valence-corrected chi connectivity index (χ0v) is 14.8. The van der Waals surface area contributed by atoms with E-state index in [1.54, 1.807) is 6.20 Å². The number of nitrogens with one attached hydrogen (secondary N) is 1. The van der Waals surface area contributed by atoms with E-state index < -0.39 is 0 Å². The van der Waals surface area contributed by atoms with E-state index in [4.69, 9.17) is 10.00 Å². The van der Waals surface area contributed by atoms with E-state index in [1.165, 1.54) is 19.0 Å². The maximum Gasteiger partial charge on any atom is 0.224 e. The van der Waals surface area contributed by atoms with Gasteiger partial charge in [-0.05, 0) is 37.5 Å². The predicted molar refractivity (Wildman–Crippen MR) is 93.2 cm³/mol. The van der Waals surface area contributed by atoms with Gasteiger partial charge in [-0.15, -0.1) is 0 Å². The molecule has 1 N–H and O–H groups in total. The van der Waals surface area contributed by atoms with E-state index in [0.717, 1.165) is 51.4 Å². The Bertz CT molecular complexity index is 778. The highest BCUT2D eigenvalue weighted by Crippen LogP contribution is 2.58. The fraction of sp³-hybridized carbons (Fsp3) is 0.684. The van der Waals surface area contributed by atoms with Crippen LogP contribution < -0.4 is 10.2 Å². The first-order valence-corrected chi connectivity index (χ1v) is 9.47. The number of aromatic nitrogens is 2. The quantitative estimate of drug-likeness (QED) is 0.879. The molecule has 2 aliphatic carbocycles. The summed E-state index contributed by atoms with van der Waals surface area (Å²) in [5, 5.41) is 12.4. The molecule has 26 heavy (non-hydrogen) atoms. The van der Waals surface area contributed by atoms with Crippen molar-refractivity contribution >= 4 is 11.7 Å². The number of piperidine rings is 1. The highest BCUT2D eigenvalue weighted by atomic mass is 16.5. The van der Waals surface area contributed by atoms with Gasteiger partial charge in [0.05, 0.1) is 19.0 Å². The molecule has 2 aliphatic heterocycles. The molecule has 3 atom stereocenters. The summed E-state index contributed by atoms with van der Waals surface area (Å²) in [6, 6.07) is 2.19. The molecule has 3 heterocycles. The van der Waals surface area contributed by atoms with Crippen molar-refractivity contribution in [1.29, 1.82) is 5.26 Å². The number of hydrogen-bond donors (Lipinski definition) is 1. The van der Waals surface area contributed by atoms with Crippen LogP contribution in [0.25, 0.3) is 0 Å². The van der Waals surface area contributed by atoms with Crippen LogP contribution in [0.2, 0.25) is 0 Å². The van der Waals surface area contributed by atoms with Crippen molar-refractivity contribution in [2.24, 2.45) is 16.7 Å². The zero-order chi connectivity index (χ0) is 17.8. The third kappa shape index (κ3) is 2.73. The second-order valence-electron chi connectivity index (χ2n) is 8.59. The lowest BCUT2D eigenvalue weighted by molar-refractivity contribution is -0.124. The van der Waals surface area contributed by atoms with Crippen LogP contribution >= 0.6 is 0 Å². The minimum absolute atomic E-state index is 0.122. The maximum absolute atomic E-state index is 12.8. The SMILES string of the molecule is N#Cc1cncc(N2CC(NC(=O)C3CC34CCOC4)CC3(CC3)C2)n1. The fourth-order valence-electron chi connectivity index (χ4n) is 4.84. The monoisotopic (exact) mass is 353 g/mol. The van der Waals surface area contributed by atoms with Crippen LogP contribution in [-0.2, 0) is 9.53 Å². The molecule has 5 rings (SSSR count). The standard InChI is InChI=1S/C19H23N5O2/c20-7-14-8-21-9-16(22-14)24-10-13(5-18(11-24)1-2-18)23-17(25)15-6-19(15)3-4-26-12-19/h8-9,13,15H,1-6,10-12H2,(H,23,25). The predicted octanol–water partition coefficient (Wildman–Crippen LogP) is 1.25. The van der Waals surface area contributed by atoms with Gasteiger partial charge in [-0.3, -0.25) is 9.78 Å². The van der Waals surface area contributed by atoms with Gasteiger partial charge in [0.15, 0.2) is 5.69 Å². The van der Waals surface area contributed by atoms with Crippen LogP contribution in [0.1, 0.15) is 37.8 Å². The number of anilines is 1. The smallest absolute Gasteiger partial charge is 0.224 e. The molecule has 7 heteroatoms. The molecule has 2 spiro atoms. The summed E-state index contributed by atoms with van der Waals surface area (Å²) in [6.45, 7) is 3.19. The normalized spacial score (nSPS) is 33.9. The Labute approximate surface area is 152 Å². The van der Waals surface area contributed by atoms with Gasteiger partial charge < -0.3 is 15.0 Å². The van der Waals surface area contributed by atoms with Crippen molar-refractivity contribution in [1.82, 2.24) is 15.3 Å². The number of nitrogens with zero attached hydrogens (tertiary/aromatic N) is 4. The first kappa shape index (κ1) is 16.0. The molecule has 2 saturated heterocycles. The molecule has 0 aromatic carbocycles. The lowest BCUT2D eigenvalue weighted by Crippen LogP contribution is -2.52. The van der Waals surface area contributed by atoms with Crippen LogP contribution in [0, 0.1) is 28.1 Å². The molecule has 7 nitrogen and oxygen atoms in total. The van der Waals surface area contributed by atoms with E-state index in [1.807, 2.05) is 0 Å². The minimum atomic E-state index is 0.122. The minimum Gasteiger partial charge on any atom is -0.381 e.